The van der Waals surface area contributed by atoms with Gasteiger partial charge in [-0.25, -0.2) is 0 Å². The Morgan fingerprint density at radius 3 is 2.87 bits per heavy atom. The minimum Gasteiger partial charge on any atom is -0.327 e. The molecule has 0 saturated heterocycles. The molecule has 0 saturated carbocycles. The molecule has 1 rings (SSSR count). The van der Waals surface area contributed by atoms with Gasteiger partial charge in [-0.3, -0.25) is 4.79 Å². The van der Waals surface area contributed by atoms with E-state index in [-0.39, 0.29) is 11.9 Å². The van der Waals surface area contributed by atoms with Crippen LogP contribution in [0.4, 0.5) is 5.69 Å². The molecule has 3 nitrogen and oxygen atoms in total. The van der Waals surface area contributed by atoms with E-state index < -0.39 is 0 Å². The van der Waals surface area contributed by atoms with Gasteiger partial charge in [0.1, 0.15) is 0 Å². The lowest BCUT2D eigenvalue weighted by atomic mass is 10.2. The van der Waals surface area contributed by atoms with Crippen LogP contribution in [-0.2, 0) is 4.79 Å². The Bertz CT molecular complexity index is 368. The van der Waals surface area contributed by atoms with Crippen LogP contribution in [0.1, 0.15) is 13.3 Å². The molecule has 1 aromatic rings. The average molecular weight is 383 g/mol. The van der Waals surface area contributed by atoms with Crippen LogP contribution in [-0.4, -0.2) is 11.9 Å². The lowest BCUT2D eigenvalue weighted by molar-refractivity contribution is -0.116. The Morgan fingerprint density at radius 2 is 2.33 bits per heavy atom. The van der Waals surface area contributed by atoms with Gasteiger partial charge in [0.15, 0.2) is 0 Å². The highest BCUT2D eigenvalue weighted by Gasteiger charge is 2.06. The smallest absolute Gasteiger partial charge is 0.225 e. The van der Waals surface area contributed by atoms with Crippen molar-refractivity contribution in [2.24, 2.45) is 5.73 Å². The summed E-state index contributed by atoms with van der Waals surface area (Å²) in [6.07, 6.45) is 0.340. The van der Waals surface area contributed by atoms with E-state index in [2.05, 4.69) is 43.8 Å². The van der Waals surface area contributed by atoms with Gasteiger partial charge in [-0.05, 0) is 63.6 Å². The molecule has 0 aliphatic rings. The van der Waals surface area contributed by atoms with Gasteiger partial charge in [-0.1, -0.05) is 0 Å². The second-order valence-corrected chi connectivity index (χ2v) is 5.37. The Labute approximate surface area is 111 Å². The van der Waals surface area contributed by atoms with E-state index in [4.69, 9.17) is 5.73 Å². The van der Waals surface area contributed by atoms with E-state index in [1.807, 2.05) is 25.1 Å². The molecule has 82 valence electrons. The second-order valence-electron chi connectivity index (χ2n) is 3.36. The number of nitrogens with two attached hydrogens (primary N) is 1. The first-order valence-electron chi connectivity index (χ1n) is 4.49. The third-order valence-electron chi connectivity index (χ3n) is 1.71. The van der Waals surface area contributed by atoms with Crippen LogP contribution in [0, 0.1) is 3.57 Å². The van der Waals surface area contributed by atoms with Crippen LogP contribution in [0.15, 0.2) is 22.7 Å². The van der Waals surface area contributed by atoms with E-state index in [1.54, 1.807) is 0 Å². The molecule has 0 radical (unpaired) electrons. The van der Waals surface area contributed by atoms with Crippen molar-refractivity contribution >= 4 is 50.1 Å². The van der Waals surface area contributed by atoms with E-state index >= 15 is 0 Å². The second kappa shape index (κ2) is 5.81. The summed E-state index contributed by atoms with van der Waals surface area (Å²) in [6, 6.07) is 5.55. The molecular weight excluding hydrogens is 371 g/mol. The van der Waals surface area contributed by atoms with Gasteiger partial charge in [0.2, 0.25) is 5.91 Å². The number of carbonyl (C=O) groups excluding carboxylic acids is 1. The molecule has 0 heterocycles. The van der Waals surface area contributed by atoms with Gasteiger partial charge < -0.3 is 11.1 Å². The van der Waals surface area contributed by atoms with Crippen molar-refractivity contribution in [3.05, 3.63) is 26.2 Å². The van der Waals surface area contributed by atoms with Crippen LogP contribution in [0.3, 0.4) is 0 Å². The zero-order valence-corrected chi connectivity index (χ0v) is 12.0. The first-order chi connectivity index (χ1) is 6.99. The monoisotopic (exact) mass is 382 g/mol. The summed E-state index contributed by atoms with van der Waals surface area (Å²) in [6.45, 7) is 1.81. The molecule has 5 heteroatoms. The van der Waals surface area contributed by atoms with Gasteiger partial charge in [-0.15, -0.1) is 0 Å². The molecule has 0 spiro atoms. The topological polar surface area (TPSA) is 55.1 Å². The fraction of sp³-hybridized carbons (Fsp3) is 0.300. The average Bonchev–Trinajstić information content (AvgIpc) is 2.10. The van der Waals surface area contributed by atoms with Crippen LogP contribution < -0.4 is 11.1 Å². The van der Waals surface area contributed by atoms with Crippen molar-refractivity contribution in [2.75, 3.05) is 5.32 Å². The SMILES string of the molecule is CC(N)CC(=O)Nc1ccc(Br)c(I)c1. The summed E-state index contributed by atoms with van der Waals surface area (Å²) in [5, 5.41) is 2.80. The zero-order chi connectivity index (χ0) is 11.4. The molecule has 1 atom stereocenters. The summed E-state index contributed by atoms with van der Waals surface area (Å²) >= 11 is 5.59. The summed E-state index contributed by atoms with van der Waals surface area (Å²) in [4.78, 5) is 11.4. The first-order valence-corrected chi connectivity index (χ1v) is 6.36. The molecule has 0 aliphatic heterocycles. The van der Waals surface area contributed by atoms with Gasteiger partial charge >= 0.3 is 0 Å². The first kappa shape index (κ1) is 12.9. The summed E-state index contributed by atoms with van der Waals surface area (Å²) in [5.41, 5.74) is 6.33. The third kappa shape index (κ3) is 4.48. The number of nitrogens with one attached hydrogen (secondary N) is 1. The fourth-order valence-corrected chi connectivity index (χ4v) is 1.84. The normalized spacial score (nSPS) is 12.3. The van der Waals surface area contributed by atoms with Crippen molar-refractivity contribution in [2.45, 2.75) is 19.4 Å². The lowest BCUT2D eigenvalue weighted by Crippen LogP contribution is -2.23. The highest BCUT2D eigenvalue weighted by Crippen LogP contribution is 2.22. The Morgan fingerprint density at radius 1 is 1.67 bits per heavy atom. The molecular formula is C10H12BrIN2O. The minimum absolute atomic E-state index is 0.0527. The van der Waals surface area contributed by atoms with Crippen molar-refractivity contribution in [3.8, 4) is 0 Å². The van der Waals surface area contributed by atoms with E-state index in [9.17, 15) is 4.79 Å². The molecule has 0 bridgehead atoms. The fourth-order valence-electron chi connectivity index (χ4n) is 1.08. The van der Waals surface area contributed by atoms with Crippen molar-refractivity contribution in [3.63, 3.8) is 0 Å². The molecule has 1 aromatic carbocycles. The van der Waals surface area contributed by atoms with E-state index in [1.165, 1.54) is 0 Å². The predicted octanol–water partition coefficient (Wildman–Crippen LogP) is 2.73. The van der Waals surface area contributed by atoms with Crippen LogP contribution in [0.25, 0.3) is 0 Å². The zero-order valence-electron chi connectivity index (χ0n) is 8.26. The van der Waals surface area contributed by atoms with Crippen molar-refractivity contribution in [1.82, 2.24) is 0 Å². The molecule has 15 heavy (non-hydrogen) atoms. The van der Waals surface area contributed by atoms with Gasteiger partial charge in [0.05, 0.1) is 0 Å². The highest BCUT2D eigenvalue weighted by atomic mass is 127. The molecule has 3 N–H and O–H groups in total. The van der Waals surface area contributed by atoms with Crippen LogP contribution >= 0.6 is 38.5 Å². The standard InChI is InChI=1S/C10H12BrIN2O/c1-6(13)4-10(15)14-7-2-3-8(11)9(12)5-7/h2-3,5-6H,4,13H2,1H3,(H,14,15). The summed E-state index contributed by atoms with van der Waals surface area (Å²) in [5.74, 6) is -0.0527. The van der Waals surface area contributed by atoms with Crippen LogP contribution in [0.2, 0.25) is 0 Å². The number of rotatable bonds is 3. The molecule has 0 fully saturated rings. The van der Waals surface area contributed by atoms with Crippen LogP contribution in [0.5, 0.6) is 0 Å². The number of anilines is 1. The molecule has 1 unspecified atom stereocenters. The third-order valence-corrected chi connectivity index (χ3v) is 4.04. The molecule has 0 aliphatic carbocycles. The quantitative estimate of drug-likeness (QED) is 0.789. The number of carbonyl (C=O) groups is 1. The number of hydrogen-bond donors (Lipinski definition) is 2. The summed E-state index contributed by atoms with van der Waals surface area (Å²) in [7, 11) is 0. The Kier molecular flexibility index (Phi) is 5.01. The largest absolute Gasteiger partial charge is 0.327 e. The van der Waals surface area contributed by atoms with Crippen molar-refractivity contribution < 1.29 is 4.79 Å². The van der Waals surface area contributed by atoms with E-state index in [0.717, 1.165) is 13.7 Å². The Hall–Kier alpha value is -0.140. The lowest BCUT2D eigenvalue weighted by Gasteiger charge is -2.08. The van der Waals surface area contributed by atoms with Gasteiger partial charge in [-0.2, -0.15) is 0 Å². The number of amides is 1. The maximum atomic E-state index is 11.4. The number of hydrogen-bond acceptors (Lipinski definition) is 2. The maximum Gasteiger partial charge on any atom is 0.225 e. The number of benzene rings is 1. The van der Waals surface area contributed by atoms with Gasteiger partial charge in [0.25, 0.3) is 0 Å². The van der Waals surface area contributed by atoms with Gasteiger partial charge in [0, 0.05) is 26.2 Å². The van der Waals surface area contributed by atoms with Crippen molar-refractivity contribution in [1.29, 1.82) is 0 Å². The molecule has 0 aromatic heterocycles. The summed E-state index contributed by atoms with van der Waals surface area (Å²) < 4.78 is 2.08. The predicted molar refractivity (Wildman–Crippen MR) is 73.8 cm³/mol. The maximum absolute atomic E-state index is 11.4. The Balaban J connectivity index is 2.65. The minimum atomic E-state index is -0.112. The number of halogens is 2. The van der Waals surface area contributed by atoms with E-state index in [0.29, 0.717) is 6.42 Å². The highest BCUT2D eigenvalue weighted by molar-refractivity contribution is 14.1. The molecule has 1 amide bonds.